The topological polar surface area (TPSA) is 76.2 Å². The third-order valence-electron chi connectivity index (χ3n) is 5.30. The normalized spacial score (nSPS) is 20.5. The van der Waals surface area contributed by atoms with E-state index in [1.807, 2.05) is 61.8 Å². The molecule has 2 atom stereocenters. The number of carbonyl (C=O) groups excluding carboxylic acids is 1. The van der Waals surface area contributed by atoms with Crippen molar-refractivity contribution in [3.63, 3.8) is 0 Å². The fraction of sp³-hybridized carbons (Fsp3) is 0.421. The van der Waals surface area contributed by atoms with Gasteiger partial charge in [-0.2, -0.15) is 5.10 Å². The van der Waals surface area contributed by atoms with Gasteiger partial charge < -0.3 is 14.6 Å². The first kappa shape index (κ1) is 16.8. The van der Waals surface area contributed by atoms with E-state index in [1.54, 1.807) is 0 Å². The Morgan fingerprint density at radius 2 is 2.04 bits per heavy atom. The van der Waals surface area contributed by atoms with Gasteiger partial charge in [0.2, 0.25) is 11.8 Å². The van der Waals surface area contributed by atoms with Crippen molar-refractivity contribution in [2.24, 2.45) is 7.05 Å². The van der Waals surface area contributed by atoms with Crippen LogP contribution in [0.25, 0.3) is 11.1 Å². The van der Waals surface area contributed by atoms with Crippen LogP contribution in [0.3, 0.4) is 0 Å². The molecule has 0 aliphatic carbocycles. The third kappa shape index (κ3) is 2.68. The zero-order valence-electron chi connectivity index (χ0n) is 15.5. The highest BCUT2D eigenvalue weighted by Crippen LogP contribution is 2.35. The summed E-state index contributed by atoms with van der Waals surface area (Å²) in [7, 11) is 3.80. The van der Waals surface area contributed by atoms with Gasteiger partial charge in [0.1, 0.15) is 5.52 Å². The standard InChI is InChI=1S/C19H23N5O2/c1-11-18(12(2)24(4)22-11)19-14(9-17(25)23(19)3)20-10-16-21-13-7-5-6-8-15(13)26-16/h5-8,14,19-20H,9-10H2,1-4H3/t14-,19-/m1/s1. The van der Waals surface area contributed by atoms with Crippen molar-refractivity contribution in [1.82, 2.24) is 25.0 Å². The minimum atomic E-state index is -0.0411. The van der Waals surface area contributed by atoms with Crippen LogP contribution in [-0.2, 0) is 18.4 Å². The number of aromatic nitrogens is 3. The lowest BCUT2D eigenvalue weighted by Crippen LogP contribution is -2.35. The van der Waals surface area contributed by atoms with Crippen molar-refractivity contribution in [2.45, 2.75) is 38.9 Å². The summed E-state index contributed by atoms with van der Waals surface area (Å²) in [5, 5.41) is 7.99. The van der Waals surface area contributed by atoms with Crippen LogP contribution in [0.15, 0.2) is 28.7 Å². The first-order chi connectivity index (χ1) is 12.5. The summed E-state index contributed by atoms with van der Waals surface area (Å²) in [6.07, 6.45) is 0.454. The number of para-hydroxylation sites is 2. The second kappa shape index (κ2) is 6.25. The van der Waals surface area contributed by atoms with Gasteiger partial charge in [0.05, 0.1) is 18.3 Å². The van der Waals surface area contributed by atoms with Crippen LogP contribution in [0.5, 0.6) is 0 Å². The number of carbonyl (C=O) groups is 1. The molecule has 4 rings (SSSR count). The molecule has 0 bridgehead atoms. The molecular formula is C19H23N5O2. The Labute approximate surface area is 152 Å². The number of hydrogen-bond donors (Lipinski definition) is 1. The SMILES string of the molecule is Cc1nn(C)c(C)c1[C@H]1[C@H](NCc2nc3ccccc3o2)CC(=O)N1C. The first-order valence-electron chi connectivity index (χ1n) is 8.79. The Morgan fingerprint density at radius 1 is 1.27 bits per heavy atom. The Balaban J connectivity index is 1.58. The van der Waals surface area contributed by atoms with Crippen molar-refractivity contribution in [1.29, 1.82) is 0 Å². The number of oxazole rings is 1. The number of rotatable bonds is 4. The first-order valence-corrected chi connectivity index (χ1v) is 8.79. The largest absolute Gasteiger partial charge is 0.439 e. The quantitative estimate of drug-likeness (QED) is 0.778. The molecule has 2 aromatic heterocycles. The van der Waals surface area contributed by atoms with Gasteiger partial charge >= 0.3 is 0 Å². The average molecular weight is 353 g/mol. The molecule has 7 nitrogen and oxygen atoms in total. The number of amides is 1. The predicted molar refractivity (Wildman–Crippen MR) is 97.4 cm³/mol. The van der Waals surface area contributed by atoms with E-state index >= 15 is 0 Å². The molecule has 1 aliphatic heterocycles. The number of nitrogens with one attached hydrogen (secondary N) is 1. The molecule has 136 valence electrons. The Bertz CT molecular complexity index is 941. The van der Waals surface area contributed by atoms with Crippen molar-refractivity contribution < 1.29 is 9.21 Å². The van der Waals surface area contributed by atoms with E-state index in [0.717, 1.165) is 28.1 Å². The molecule has 0 radical (unpaired) electrons. The number of likely N-dealkylation sites (N-methyl/N-ethyl adjacent to an activating group) is 1. The fourth-order valence-corrected chi connectivity index (χ4v) is 3.88. The zero-order valence-corrected chi connectivity index (χ0v) is 15.5. The van der Waals surface area contributed by atoms with E-state index in [-0.39, 0.29) is 18.0 Å². The molecule has 0 unspecified atom stereocenters. The highest BCUT2D eigenvalue weighted by molar-refractivity contribution is 5.80. The van der Waals surface area contributed by atoms with Crippen LogP contribution >= 0.6 is 0 Å². The molecule has 26 heavy (non-hydrogen) atoms. The van der Waals surface area contributed by atoms with E-state index in [9.17, 15) is 4.79 Å². The summed E-state index contributed by atoms with van der Waals surface area (Å²) in [4.78, 5) is 18.7. The number of hydrogen-bond acceptors (Lipinski definition) is 5. The minimum Gasteiger partial charge on any atom is -0.439 e. The van der Waals surface area contributed by atoms with Gasteiger partial charge in [-0.05, 0) is 26.0 Å². The molecule has 1 fully saturated rings. The van der Waals surface area contributed by atoms with E-state index < -0.39 is 0 Å². The summed E-state index contributed by atoms with van der Waals surface area (Å²) in [6, 6.07) is 7.66. The second-order valence-electron chi connectivity index (χ2n) is 6.92. The van der Waals surface area contributed by atoms with Crippen molar-refractivity contribution in [3.05, 3.63) is 47.1 Å². The lowest BCUT2D eigenvalue weighted by molar-refractivity contribution is -0.127. The molecular weight excluding hydrogens is 330 g/mol. The summed E-state index contributed by atoms with van der Waals surface area (Å²) in [5.74, 6) is 0.763. The van der Waals surface area contributed by atoms with Crippen LogP contribution in [0, 0.1) is 13.8 Å². The molecule has 0 saturated carbocycles. The molecule has 3 aromatic rings. The summed E-state index contributed by atoms with van der Waals surface area (Å²) in [5.41, 5.74) is 4.79. The van der Waals surface area contributed by atoms with Crippen LogP contribution in [0.4, 0.5) is 0 Å². The van der Waals surface area contributed by atoms with Gasteiger partial charge in [0, 0.05) is 37.8 Å². The lowest BCUT2D eigenvalue weighted by atomic mass is 9.98. The van der Waals surface area contributed by atoms with E-state index in [0.29, 0.717) is 18.9 Å². The van der Waals surface area contributed by atoms with Crippen LogP contribution in [-0.4, -0.2) is 38.7 Å². The summed E-state index contributed by atoms with van der Waals surface area (Å²) < 4.78 is 7.66. The van der Waals surface area contributed by atoms with Gasteiger partial charge in [-0.25, -0.2) is 4.98 Å². The fourth-order valence-electron chi connectivity index (χ4n) is 3.88. The number of likely N-dealkylation sites (tertiary alicyclic amines) is 1. The molecule has 1 saturated heterocycles. The zero-order chi connectivity index (χ0) is 18.4. The Kier molecular flexibility index (Phi) is 4.03. The van der Waals surface area contributed by atoms with Gasteiger partial charge in [-0.3, -0.25) is 9.48 Å². The monoisotopic (exact) mass is 353 g/mol. The molecule has 0 spiro atoms. The van der Waals surface area contributed by atoms with Gasteiger partial charge in [0.25, 0.3) is 0 Å². The Hall–Kier alpha value is -2.67. The average Bonchev–Trinajstić information content (AvgIpc) is 3.22. The molecule has 1 N–H and O–H groups in total. The van der Waals surface area contributed by atoms with E-state index in [2.05, 4.69) is 15.4 Å². The van der Waals surface area contributed by atoms with E-state index in [1.165, 1.54) is 0 Å². The number of fused-ring (bicyclic) bond motifs is 1. The van der Waals surface area contributed by atoms with Crippen molar-refractivity contribution >= 4 is 17.0 Å². The molecule has 1 aromatic carbocycles. The predicted octanol–water partition coefficient (Wildman–Crippen LogP) is 2.24. The third-order valence-corrected chi connectivity index (χ3v) is 5.30. The Morgan fingerprint density at radius 3 is 2.73 bits per heavy atom. The van der Waals surface area contributed by atoms with Gasteiger partial charge in [-0.15, -0.1) is 0 Å². The van der Waals surface area contributed by atoms with Crippen LogP contribution in [0.1, 0.15) is 35.3 Å². The van der Waals surface area contributed by atoms with Crippen molar-refractivity contribution in [3.8, 4) is 0 Å². The maximum absolute atomic E-state index is 12.4. The minimum absolute atomic E-state index is 0.0101. The van der Waals surface area contributed by atoms with Gasteiger partial charge in [-0.1, -0.05) is 12.1 Å². The molecule has 3 heterocycles. The highest BCUT2D eigenvalue weighted by atomic mass is 16.3. The summed E-state index contributed by atoms with van der Waals surface area (Å²) in [6.45, 7) is 4.52. The molecule has 7 heteroatoms. The number of aryl methyl sites for hydroxylation is 2. The van der Waals surface area contributed by atoms with Gasteiger partial charge in [0.15, 0.2) is 5.58 Å². The highest BCUT2D eigenvalue weighted by Gasteiger charge is 2.40. The van der Waals surface area contributed by atoms with Crippen LogP contribution < -0.4 is 5.32 Å². The van der Waals surface area contributed by atoms with Crippen LogP contribution in [0.2, 0.25) is 0 Å². The smallest absolute Gasteiger partial charge is 0.224 e. The number of nitrogens with zero attached hydrogens (tertiary/aromatic N) is 4. The maximum atomic E-state index is 12.4. The maximum Gasteiger partial charge on any atom is 0.224 e. The van der Waals surface area contributed by atoms with E-state index in [4.69, 9.17) is 4.42 Å². The lowest BCUT2D eigenvalue weighted by Gasteiger charge is -2.26. The number of benzene rings is 1. The molecule has 1 amide bonds. The summed E-state index contributed by atoms with van der Waals surface area (Å²) >= 11 is 0. The second-order valence-corrected chi connectivity index (χ2v) is 6.92. The molecule has 1 aliphatic rings. The van der Waals surface area contributed by atoms with Crippen molar-refractivity contribution in [2.75, 3.05) is 7.05 Å².